The number of halogens is 3. The third-order valence-corrected chi connectivity index (χ3v) is 6.52. The molecule has 0 spiro atoms. The van der Waals surface area contributed by atoms with Crippen LogP contribution in [0.4, 0.5) is 13.2 Å². The van der Waals surface area contributed by atoms with Gasteiger partial charge in [0.25, 0.3) is 0 Å². The van der Waals surface area contributed by atoms with E-state index in [1.807, 2.05) is 0 Å². The summed E-state index contributed by atoms with van der Waals surface area (Å²) >= 11 is 0. The summed E-state index contributed by atoms with van der Waals surface area (Å²) in [4.78, 5) is 26.3. The number of methoxy groups -OCH3 is 1. The van der Waals surface area contributed by atoms with Crippen LogP contribution >= 0.6 is 0 Å². The fourth-order valence-corrected chi connectivity index (χ4v) is 5.26. The number of hydrogen-bond donors (Lipinski definition) is 2. The number of phenols is 1. The molecule has 3 atom stereocenters. The van der Waals surface area contributed by atoms with Crippen LogP contribution in [0.3, 0.4) is 0 Å². The molecule has 0 saturated carbocycles. The molecule has 0 bridgehead atoms. The van der Waals surface area contributed by atoms with E-state index < -0.39 is 51.7 Å². The molecule has 0 radical (unpaired) electrons. The number of nitrogens with one attached hydrogen (secondary N) is 1. The van der Waals surface area contributed by atoms with Crippen LogP contribution in [0.25, 0.3) is 0 Å². The number of benzene rings is 2. The Hall–Kier alpha value is -3.75. The van der Waals surface area contributed by atoms with Crippen molar-refractivity contribution < 1.29 is 37.7 Å². The number of carbonyl (C=O) groups excluding carboxylic acids is 2. The number of rotatable bonds is 5. The molecule has 2 aromatic rings. The van der Waals surface area contributed by atoms with Gasteiger partial charge in [0.2, 0.25) is 0 Å². The lowest BCUT2D eigenvalue weighted by Gasteiger charge is -2.55. The molecule has 9 heteroatoms. The number of carbonyl (C=O) groups is 2. The summed E-state index contributed by atoms with van der Waals surface area (Å²) in [7, 11) is 1.08. The maximum absolute atomic E-state index is 14.2. The van der Waals surface area contributed by atoms with Crippen LogP contribution in [0, 0.1) is 0 Å². The molecule has 3 rings (SSSR count). The molecule has 0 saturated heterocycles. The minimum atomic E-state index is -4.85. The van der Waals surface area contributed by atoms with Gasteiger partial charge in [0.15, 0.2) is 0 Å². The number of phenolic OH excluding ortho intramolecular Hbond substituents is 1. The minimum absolute atomic E-state index is 0.0471. The van der Waals surface area contributed by atoms with E-state index in [0.29, 0.717) is 0 Å². The summed E-state index contributed by atoms with van der Waals surface area (Å²) in [5.74, 6) is -4.52. The third kappa shape index (κ3) is 4.05. The van der Waals surface area contributed by atoms with Crippen LogP contribution in [0.1, 0.15) is 43.4 Å². The fourth-order valence-electron chi connectivity index (χ4n) is 5.26. The van der Waals surface area contributed by atoms with E-state index in [4.69, 9.17) is 4.74 Å². The van der Waals surface area contributed by atoms with Crippen molar-refractivity contribution in [2.45, 2.75) is 43.8 Å². The van der Waals surface area contributed by atoms with Gasteiger partial charge in [-0.15, -0.1) is 0 Å². The molecule has 0 aliphatic carbocycles. The number of alkyl halides is 3. The van der Waals surface area contributed by atoms with Crippen molar-refractivity contribution in [1.29, 1.82) is 0 Å². The quantitative estimate of drug-likeness (QED) is 0.493. The summed E-state index contributed by atoms with van der Waals surface area (Å²) in [5.41, 5.74) is -5.35. The largest absolute Gasteiger partial charge is 0.545 e. The molecule has 1 aliphatic heterocycles. The highest BCUT2D eigenvalue weighted by Gasteiger charge is 2.64. The first-order chi connectivity index (χ1) is 16.3. The van der Waals surface area contributed by atoms with Gasteiger partial charge in [0.1, 0.15) is 11.2 Å². The van der Waals surface area contributed by atoms with E-state index >= 15 is 0 Å². The van der Waals surface area contributed by atoms with Crippen molar-refractivity contribution in [1.82, 2.24) is 5.32 Å². The molecule has 1 heterocycles. The molecule has 2 N–H and O–H groups in total. The van der Waals surface area contributed by atoms with Gasteiger partial charge < -0.3 is 25.1 Å². The van der Waals surface area contributed by atoms with Crippen LogP contribution < -0.4 is 10.4 Å². The molecular formula is C26H25F3NO5-. The molecule has 0 fully saturated rings. The first-order valence-electron chi connectivity index (χ1n) is 10.7. The number of ether oxygens (including phenoxy) is 1. The lowest BCUT2D eigenvalue weighted by Crippen LogP contribution is -2.68. The molecular weight excluding hydrogens is 463 g/mol. The summed E-state index contributed by atoms with van der Waals surface area (Å²) in [6, 6.07) is 9.81. The second-order valence-electron chi connectivity index (χ2n) is 8.52. The molecule has 0 aromatic heterocycles. The smallest absolute Gasteiger partial charge is 0.416 e. The Kier molecular flexibility index (Phi) is 6.75. The lowest BCUT2D eigenvalue weighted by molar-refractivity contribution is -0.300. The number of carboxylic acid groups (broad SMARTS) is 1. The standard InChI is InChI=1S/C26H26F3NO5/c1-5-14-24(3)25(23(34)35-4,16-10-12-17(31)13-11-16)21(20(22(32)33)15(2)30-24)18-8-6-7-9-19(18)26(27,28)29/h5-14,21,30-31H,1-4H3,(H,32,33)/p-1/b14-5+. The number of esters is 1. The van der Waals surface area contributed by atoms with Crippen LogP contribution in [-0.4, -0.2) is 29.7 Å². The highest BCUT2D eigenvalue weighted by molar-refractivity contribution is 5.96. The van der Waals surface area contributed by atoms with E-state index in [9.17, 15) is 33.0 Å². The number of hydrogen-bond acceptors (Lipinski definition) is 6. The first-order valence-corrected chi connectivity index (χ1v) is 10.7. The molecule has 1 aliphatic rings. The predicted molar refractivity (Wildman–Crippen MR) is 120 cm³/mol. The zero-order valence-electron chi connectivity index (χ0n) is 19.6. The summed E-state index contributed by atoms with van der Waals surface area (Å²) in [5, 5.41) is 25.4. The highest BCUT2D eigenvalue weighted by Crippen LogP contribution is 2.56. The van der Waals surface area contributed by atoms with E-state index in [1.165, 1.54) is 43.3 Å². The van der Waals surface area contributed by atoms with Crippen molar-refractivity contribution in [3.8, 4) is 5.75 Å². The van der Waals surface area contributed by atoms with E-state index in [-0.39, 0.29) is 17.0 Å². The molecule has 35 heavy (non-hydrogen) atoms. The lowest BCUT2D eigenvalue weighted by atomic mass is 9.52. The van der Waals surface area contributed by atoms with Crippen molar-refractivity contribution in [2.75, 3.05) is 7.11 Å². The van der Waals surface area contributed by atoms with Crippen molar-refractivity contribution in [3.63, 3.8) is 0 Å². The van der Waals surface area contributed by atoms with E-state index in [2.05, 4.69) is 5.32 Å². The normalized spacial score (nSPS) is 24.8. The van der Waals surface area contributed by atoms with Crippen molar-refractivity contribution in [2.24, 2.45) is 0 Å². The third-order valence-electron chi connectivity index (χ3n) is 6.52. The van der Waals surface area contributed by atoms with E-state index in [0.717, 1.165) is 19.2 Å². The van der Waals surface area contributed by atoms with Crippen LogP contribution in [0.2, 0.25) is 0 Å². The van der Waals surface area contributed by atoms with Gasteiger partial charge in [-0.3, -0.25) is 4.79 Å². The zero-order chi connectivity index (χ0) is 26.2. The maximum Gasteiger partial charge on any atom is 0.416 e. The number of aromatic hydroxyl groups is 1. The monoisotopic (exact) mass is 488 g/mol. The Morgan fingerprint density at radius 3 is 2.26 bits per heavy atom. The molecule has 6 nitrogen and oxygen atoms in total. The van der Waals surface area contributed by atoms with Crippen LogP contribution in [-0.2, 0) is 25.9 Å². The highest BCUT2D eigenvalue weighted by atomic mass is 19.4. The Morgan fingerprint density at radius 1 is 1.14 bits per heavy atom. The minimum Gasteiger partial charge on any atom is -0.545 e. The van der Waals surface area contributed by atoms with Gasteiger partial charge in [0.05, 0.1) is 24.2 Å². The van der Waals surface area contributed by atoms with Gasteiger partial charge in [-0.25, -0.2) is 0 Å². The van der Waals surface area contributed by atoms with Gasteiger partial charge in [-0.2, -0.15) is 13.2 Å². The Bertz CT molecular complexity index is 1200. The summed E-state index contributed by atoms with van der Waals surface area (Å²) < 4.78 is 47.8. The summed E-state index contributed by atoms with van der Waals surface area (Å²) in [6.07, 6.45) is -1.66. The van der Waals surface area contributed by atoms with Crippen LogP contribution in [0.15, 0.2) is 72.0 Å². The molecule has 0 amide bonds. The van der Waals surface area contributed by atoms with Crippen molar-refractivity contribution >= 4 is 11.9 Å². The second-order valence-corrected chi connectivity index (χ2v) is 8.52. The van der Waals surface area contributed by atoms with Gasteiger partial charge in [0, 0.05) is 17.2 Å². The van der Waals surface area contributed by atoms with Gasteiger partial charge in [-0.1, -0.05) is 42.5 Å². The zero-order valence-corrected chi connectivity index (χ0v) is 19.6. The number of carboxylic acids is 1. The fraction of sp³-hybridized carbons (Fsp3) is 0.308. The molecule has 186 valence electrons. The second kappa shape index (κ2) is 9.13. The SMILES string of the molecule is C/C=C/C1(C)NC(C)=C(C(=O)[O-])C(c2ccccc2C(F)(F)F)C1(C(=O)OC)c1ccc(O)cc1. The maximum atomic E-state index is 14.2. The topological polar surface area (TPSA) is 98.7 Å². The predicted octanol–water partition coefficient (Wildman–Crippen LogP) is 3.57. The van der Waals surface area contributed by atoms with Gasteiger partial charge >= 0.3 is 12.1 Å². The van der Waals surface area contributed by atoms with Crippen LogP contribution in [0.5, 0.6) is 5.75 Å². The number of allylic oxidation sites excluding steroid dienone is 2. The number of aliphatic carboxylic acids is 1. The Labute approximate surface area is 200 Å². The molecule has 2 aromatic carbocycles. The molecule has 3 unspecified atom stereocenters. The first kappa shape index (κ1) is 25.9. The van der Waals surface area contributed by atoms with Gasteiger partial charge in [-0.05, 0) is 50.1 Å². The average molecular weight is 488 g/mol. The summed E-state index contributed by atoms with van der Waals surface area (Å²) in [6.45, 7) is 4.65. The van der Waals surface area contributed by atoms with E-state index in [1.54, 1.807) is 26.0 Å². The van der Waals surface area contributed by atoms with Crippen molar-refractivity contribution in [3.05, 3.63) is 88.6 Å². The Balaban J connectivity index is 2.64. The average Bonchev–Trinajstić information content (AvgIpc) is 2.78. The Morgan fingerprint density at radius 2 is 1.74 bits per heavy atom.